The third kappa shape index (κ3) is 5.16. The molecule has 3 aromatic carbocycles. The zero-order valence-electron chi connectivity index (χ0n) is 17.7. The van der Waals surface area contributed by atoms with Crippen molar-refractivity contribution in [3.8, 4) is 11.5 Å². The summed E-state index contributed by atoms with van der Waals surface area (Å²) in [6.45, 7) is 3.70. The van der Waals surface area contributed by atoms with Crippen LogP contribution in [0.1, 0.15) is 31.8 Å². The van der Waals surface area contributed by atoms with Gasteiger partial charge in [0.25, 0.3) is 11.8 Å². The largest absolute Gasteiger partial charge is 0.493 e. The lowest BCUT2D eigenvalue weighted by Gasteiger charge is -2.13. The van der Waals surface area contributed by atoms with Gasteiger partial charge >= 0.3 is 0 Å². The first kappa shape index (κ1) is 22.2. The number of nitrogens with one attached hydrogen (secondary N) is 2. The maximum Gasteiger partial charge on any atom is 0.255 e. The number of amides is 2. The van der Waals surface area contributed by atoms with E-state index in [1.165, 1.54) is 14.2 Å². The van der Waals surface area contributed by atoms with Gasteiger partial charge in [-0.1, -0.05) is 17.7 Å². The first-order chi connectivity index (χ1) is 14.8. The molecule has 0 atom stereocenters. The van der Waals surface area contributed by atoms with Gasteiger partial charge in [0, 0.05) is 27.5 Å². The van der Waals surface area contributed by atoms with Crippen molar-refractivity contribution in [3.05, 3.63) is 81.9 Å². The predicted molar refractivity (Wildman–Crippen MR) is 123 cm³/mol. The third-order valence-electron chi connectivity index (χ3n) is 4.82. The number of rotatable bonds is 6. The summed E-state index contributed by atoms with van der Waals surface area (Å²) in [7, 11) is 3.05. The molecule has 0 aliphatic rings. The summed E-state index contributed by atoms with van der Waals surface area (Å²) >= 11 is 5.97. The van der Waals surface area contributed by atoms with Crippen LogP contribution in [0.15, 0.2) is 54.6 Å². The maximum absolute atomic E-state index is 12.8. The number of methoxy groups -OCH3 is 2. The lowest BCUT2D eigenvalue weighted by Crippen LogP contribution is -2.15. The van der Waals surface area contributed by atoms with Crippen molar-refractivity contribution in [3.63, 3.8) is 0 Å². The molecule has 2 N–H and O–H groups in total. The number of benzene rings is 3. The molecule has 0 fully saturated rings. The first-order valence-electron chi connectivity index (χ1n) is 9.54. The standard InChI is InChI=1S/C24H23ClN2O4/c1-14-5-8-18(26-24(29)19-9-7-17(25)11-15(19)2)13-20(14)27-23(28)16-6-10-21(30-3)22(12-16)31-4/h5-13H,1-4H3,(H,26,29)(H,27,28). The van der Waals surface area contributed by atoms with E-state index in [0.29, 0.717) is 39.0 Å². The van der Waals surface area contributed by atoms with E-state index in [2.05, 4.69) is 10.6 Å². The lowest BCUT2D eigenvalue weighted by molar-refractivity contribution is 0.101. The second-order valence-corrected chi connectivity index (χ2v) is 7.40. The van der Waals surface area contributed by atoms with Crippen molar-refractivity contribution in [2.24, 2.45) is 0 Å². The molecule has 3 rings (SSSR count). The topological polar surface area (TPSA) is 76.7 Å². The Morgan fingerprint density at radius 2 is 1.52 bits per heavy atom. The van der Waals surface area contributed by atoms with Crippen molar-refractivity contribution in [2.75, 3.05) is 24.9 Å². The van der Waals surface area contributed by atoms with Crippen LogP contribution >= 0.6 is 11.6 Å². The fourth-order valence-electron chi connectivity index (χ4n) is 3.09. The van der Waals surface area contributed by atoms with Crippen LogP contribution in [0.25, 0.3) is 0 Å². The van der Waals surface area contributed by atoms with Crippen molar-refractivity contribution < 1.29 is 19.1 Å². The monoisotopic (exact) mass is 438 g/mol. The molecule has 0 saturated carbocycles. The molecule has 31 heavy (non-hydrogen) atoms. The summed E-state index contributed by atoms with van der Waals surface area (Å²) in [5.41, 5.74) is 3.73. The molecule has 0 aromatic heterocycles. The number of hydrogen-bond donors (Lipinski definition) is 2. The molecule has 3 aromatic rings. The van der Waals surface area contributed by atoms with Crippen molar-refractivity contribution in [1.29, 1.82) is 0 Å². The first-order valence-corrected chi connectivity index (χ1v) is 9.91. The molecule has 0 heterocycles. The third-order valence-corrected chi connectivity index (χ3v) is 5.06. The number of anilines is 2. The van der Waals surface area contributed by atoms with E-state index >= 15 is 0 Å². The highest BCUT2D eigenvalue weighted by Gasteiger charge is 2.14. The number of aryl methyl sites for hydroxylation is 2. The van der Waals surface area contributed by atoms with Crippen LogP contribution in [0, 0.1) is 13.8 Å². The van der Waals surface area contributed by atoms with E-state index in [4.69, 9.17) is 21.1 Å². The van der Waals surface area contributed by atoms with Gasteiger partial charge in [-0.05, 0) is 73.5 Å². The van der Waals surface area contributed by atoms with Gasteiger partial charge in [0.15, 0.2) is 11.5 Å². The molecule has 0 radical (unpaired) electrons. The van der Waals surface area contributed by atoms with E-state index in [-0.39, 0.29) is 11.8 Å². The van der Waals surface area contributed by atoms with Crippen LogP contribution in [-0.4, -0.2) is 26.0 Å². The average Bonchev–Trinajstić information content (AvgIpc) is 2.75. The number of halogens is 1. The normalized spacial score (nSPS) is 10.4. The van der Waals surface area contributed by atoms with Crippen LogP contribution < -0.4 is 20.1 Å². The minimum atomic E-state index is -0.305. The van der Waals surface area contributed by atoms with Gasteiger partial charge in [-0.15, -0.1) is 0 Å². The zero-order chi connectivity index (χ0) is 22.5. The molecule has 0 spiro atoms. The smallest absolute Gasteiger partial charge is 0.255 e. The summed E-state index contributed by atoms with van der Waals surface area (Å²) in [5, 5.41) is 6.32. The Bertz CT molecular complexity index is 1140. The van der Waals surface area contributed by atoms with E-state index in [0.717, 1.165) is 11.1 Å². The van der Waals surface area contributed by atoms with Gasteiger partial charge < -0.3 is 20.1 Å². The Kier molecular flexibility index (Phi) is 6.82. The molecule has 6 nitrogen and oxygen atoms in total. The van der Waals surface area contributed by atoms with Crippen molar-refractivity contribution >= 4 is 34.8 Å². The molecule has 0 bridgehead atoms. The Balaban J connectivity index is 1.79. The predicted octanol–water partition coefficient (Wildman–Crippen LogP) is 5.48. The average molecular weight is 439 g/mol. The molecule has 2 amide bonds. The highest BCUT2D eigenvalue weighted by molar-refractivity contribution is 6.30. The Labute approximate surface area is 186 Å². The molecule has 0 aliphatic heterocycles. The molecule has 0 aliphatic carbocycles. The Hall–Kier alpha value is -3.51. The molecular weight excluding hydrogens is 416 g/mol. The van der Waals surface area contributed by atoms with Gasteiger partial charge in [-0.25, -0.2) is 0 Å². The molecule has 0 saturated heterocycles. The van der Waals surface area contributed by atoms with Crippen LogP contribution in [0.2, 0.25) is 5.02 Å². The molecule has 7 heteroatoms. The highest BCUT2D eigenvalue weighted by Crippen LogP contribution is 2.28. The van der Waals surface area contributed by atoms with Gasteiger partial charge in [-0.2, -0.15) is 0 Å². The minimum absolute atomic E-state index is 0.254. The summed E-state index contributed by atoms with van der Waals surface area (Å²) in [6, 6.07) is 15.4. The maximum atomic E-state index is 12.8. The van der Waals surface area contributed by atoms with Gasteiger partial charge in [0.05, 0.1) is 14.2 Å². The van der Waals surface area contributed by atoms with E-state index < -0.39 is 0 Å². The van der Waals surface area contributed by atoms with E-state index in [9.17, 15) is 9.59 Å². The number of carbonyl (C=O) groups excluding carboxylic acids is 2. The quantitative estimate of drug-likeness (QED) is 0.534. The van der Waals surface area contributed by atoms with E-state index in [1.807, 2.05) is 19.9 Å². The minimum Gasteiger partial charge on any atom is -0.493 e. The van der Waals surface area contributed by atoms with Gasteiger partial charge in [0.1, 0.15) is 0 Å². The van der Waals surface area contributed by atoms with Crippen molar-refractivity contribution in [2.45, 2.75) is 13.8 Å². The summed E-state index contributed by atoms with van der Waals surface area (Å²) < 4.78 is 10.5. The van der Waals surface area contributed by atoms with Gasteiger partial charge in [0.2, 0.25) is 0 Å². The number of ether oxygens (including phenoxy) is 2. The molecular formula is C24H23ClN2O4. The second-order valence-electron chi connectivity index (χ2n) is 6.97. The summed E-state index contributed by atoms with van der Waals surface area (Å²) in [4.78, 5) is 25.4. The summed E-state index contributed by atoms with van der Waals surface area (Å²) in [5.74, 6) is 0.444. The van der Waals surface area contributed by atoms with Crippen LogP contribution in [-0.2, 0) is 0 Å². The summed E-state index contributed by atoms with van der Waals surface area (Å²) in [6.07, 6.45) is 0. The highest BCUT2D eigenvalue weighted by atomic mass is 35.5. The second kappa shape index (κ2) is 9.53. The molecule has 160 valence electrons. The molecule has 0 unspecified atom stereocenters. The fraction of sp³-hybridized carbons (Fsp3) is 0.167. The number of hydrogen-bond acceptors (Lipinski definition) is 4. The van der Waals surface area contributed by atoms with Crippen LogP contribution in [0.4, 0.5) is 11.4 Å². The van der Waals surface area contributed by atoms with Gasteiger partial charge in [-0.3, -0.25) is 9.59 Å². The Morgan fingerprint density at radius 3 is 2.19 bits per heavy atom. The lowest BCUT2D eigenvalue weighted by atomic mass is 10.1. The van der Waals surface area contributed by atoms with E-state index in [1.54, 1.807) is 48.5 Å². The van der Waals surface area contributed by atoms with Crippen molar-refractivity contribution in [1.82, 2.24) is 0 Å². The number of carbonyl (C=O) groups is 2. The van der Waals surface area contributed by atoms with Crippen LogP contribution in [0.5, 0.6) is 11.5 Å². The Morgan fingerprint density at radius 1 is 0.774 bits per heavy atom. The fourth-order valence-corrected chi connectivity index (χ4v) is 3.31. The SMILES string of the molecule is COc1ccc(C(=O)Nc2cc(NC(=O)c3ccc(Cl)cc3C)ccc2C)cc1OC. The zero-order valence-corrected chi connectivity index (χ0v) is 18.5. The van der Waals surface area contributed by atoms with Crippen LogP contribution in [0.3, 0.4) is 0 Å².